The lowest BCUT2D eigenvalue weighted by Crippen LogP contribution is -2.17. The average molecular weight is 376 g/mol. The minimum atomic E-state index is -3.75. The Labute approximate surface area is 152 Å². The van der Waals surface area contributed by atoms with Crippen molar-refractivity contribution in [1.29, 1.82) is 0 Å². The van der Waals surface area contributed by atoms with Crippen LogP contribution in [0.15, 0.2) is 47.4 Å². The fourth-order valence-electron chi connectivity index (χ4n) is 3.55. The van der Waals surface area contributed by atoms with Crippen molar-refractivity contribution in [3.05, 3.63) is 59.4 Å². The van der Waals surface area contributed by atoms with Crippen molar-refractivity contribution in [2.75, 3.05) is 5.32 Å². The van der Waals surface area contributed by atoms with E-state index in [0.717, 1.165) is 11.1 Å². The number of nitrogens with two attached hydrogens (primary N) is 1. The highest BCUT2D eigenvalue weighted by atomic mass is 32.2. The number of carbonyl (C=O) groups excluding carboxylic acids is 1. The van der Waals surface area contributed by atoms with Crippen LogP contribution >= 0.6 is 0 Å². The average Bonchev–Trinajstić information content (AvgIpc) is 3.12. The molecule has 1 aliphatic carbocycles. The molecule has 0 aliphatic heterocycles. The third kappa shape index (κ3) is 3.37. The van der Waals surface area contributed by atoms with Gasteiger partial charge < -0.3 is 5.32 Å². The molecule has 5 nitrogen and oxygen atoms in total. The molecule has 1 amide bonds. The van der Waals surface area contributed by atoms with Crippen LogP contribution in [0.2, 0.25) is 0 Å². The van der Waals surface area contributed by atoms with Gasteiger partial charge in [-0.2, -0.15) is 0 Å². The number of anilines is 1. The highest BCUT2D eigenvalue weighted by molar-refractivity contribution is 7.89. The molecule has 138 valence electrons. The minimum absolute atomic E-state index is 0.0380. The molecule has 7 heteroatoms. The van der Waals surface area contributed by atoms with Gasteiger partial charge >= 0.3 is 0 Å². The molecule has 0 heterocycles. The molecule has 0 radical (unpaired) electrons. The Balaban J connectivity index is 1.81. The number of primary sulfonamides is 1. The van der Waals surface area contributed by atoms with E-state index >= 15 is 0 Å². The zero-order valence-electron chi connectivity index (χ0n) is 14.8. The lowest BCUT2D eigenvalue weighted by atomic mass is 10.0. The maximum absolute atomic E-state index is 13.4. The second-order valence-corrected chi connectivity index (χ2v) is 8.90. The Morgan fingerprint density at radius 1 is 1.15 bits per heavy atom. The van der Waals surface area contributed by atoms with Gasteiger partial charge in [-0.1, -0.05) is 32.0 Å². The monoisotopic (exact) mass is 376 g/mol. The Bertz CT molecular complexity index is 969. The van der Waals surface area contributed by atoms with Crippen LogP contribution in [0.25, 0.3) is 0 Å². The van der Waals surface area contributed by atoms with Crippen molar-refractivity contribution >= 4 is 21.6 Å². The molecule has 2 aromatic carbocycles. The van der Waals surface area contributed by atoms with Crippen LogP contribution in [0, 0.1) is 24.1 Å². The van der Waals surface area contributed by atoms with E-state index in [9.17, 15) is 17.6 Å². The van der Waals surface area contributed by atoms with E-state index in [-0.39, 0.29) is 28.1 Å². The number of halogens is 1. The van der Waals surface area contributed by atoms with Gasteiger partial charge in [-0.05, 0) is 47.7 Å². The van der Waals surface area contributed by atoms with Gasteiger partial charge in [0, 0.05) is 11.6 Å². The molecule has 0 aromatic heterocycles. The summed E-state index contributed by atoms with van der Waals surface area (Å²) in [4.78, 5) is 12.8. The van der Waals surface area contributed by atoms with Gasteiger partial charge in [-0.3, -0.25) is 4.79 Å². The number of rotatable bonds is 4. The maximum Gasteiger partial charge on any atom is 0.238 e. The number of amides is 1. The summed E-state index contributed by atoms with van der Waals surface area (Å²) in [6.45, 7) is 5.76. The van der Waals surface area contributed by atoms with Gasteiger partial charge in [0.05, 0.1) is 10.8 Å². The van der Waals surface area contributed by atoms with Crippen molar-refractivity contribution in [2.45, 2.75) is 31.6 Å². The summed E-state index contributed by atoms with van der Waals surface area (Å²) in [5.41, 5.74) is 1.83. The Hall–Kier alpha value is -2.25. The van der Waals surface area contributed by atoms with Gasteiger partial charge in [-0.25, -0.2) is 17.9 Å². The number of sulfonamides is 1. The molecule has 1 saturated carbocycles. The number of hydrogen-bond acceptors (Lipinski definition) is 3. The zero-order chi connectivity index (χ0) is 19.3. The zero-order valence-corrected chi connectivity index (χ0v) is 15.6. The topological polar surface area (TPSA) is 89.3 Å². The molecule has 0 saturated heterocycles. The highest BCUT2D eigenvalue weighted by Gasteiger charge is 2.62. The molecule has 0 bridgehead atoms. The van der Waals surface area contributed by atoms with Crippen LogP contribution in [-0.2, 0) is 14.8 Å². The Kier molecular flexibility index (Phi) is 4.40. The number of carbonyl (C=O) groups is 1. The first-order valence-corrected chi connectivity index (χ1v) is 9.76. The second kappa shape index (κ2) is 6.17. The molecular weight excluding hydrogens is 355 g/mol. The van der Waals surface area contributed by atoms with E-state index in [2.05, 4.69) is 5.32 Å². The molecule has 1 fully saturated rings. The quantitative estimate of drug-likeness (QED) is 0.859. The van der Waals surface area contributed by atoms with E-state index in [1.165, 1.54) is 24.3 Å². The molecule has 3 rings (SSSR count). The summed E-state index contributed by atoms with van der Waals surface area (Å²) in [6, 6.07) is 10.5. The van der Waals surface area contributed by atoms with Gasteiger partial charge in [0.2, 0.25) is 15.9 Å². The predicted octanol–water partition coefficient (Wildman–Crippen LogP) is 3.16. The molecule has 3 N–H and O–H groups in total. The van der Waals surface area contributed by atoms with Crippen LogP contribution in [-0.4, -0.2) is 14.3 Å². The summed E-state index contributed by atoms with van der Waals surface area (Å²) in [5, 5.41) is 7.93. The largest absolute Gasteiger partial charge is 0.325 e. The van der Waals surface area contributed by atoms with E-state index < -0.39 is 15.8 Å². The molecule has 2 atom stereocenters. The van der Waals surface area contributed by atoms with Crippen LogP contribution in [0.1, 0.15) is 30.9 Å². The van der Waals surface area contributed by atoms with Crippen LogP contribution in [0.4, 0.5) is 10.1 Å². The van der Waals surface area contributed by atoms with E-state index in [1.54, 1.807) is 25.1 Å². The van der Waals surface area contributed by atoms with E-state index in [4.69, 9.17) is 5.14 Å². The van der Waals surface area contributed by atoms with Crippen LogP contribution < -0.4 is 10.5 Å². The number of aryl methyl sites for hydroxylation is 1. The van der Waals surface area contributed by atoms with E-state index in [0.29, 0.717) is 5.69 Å². The molecular formula is C19H21FN2O3S. The van der Waals surface area contributed by atoms with Crippen LogP contribution in [0.3, 0.4) is 0 Å². The van der Waals surface area contributed by atoms with E-state index in [1.807, 2.05) is 13.8 Å². The Morgan fingerprint density at radius 2 is 1.77 bits per heavy atom. The lowest BCUT2D eigenvalue weighted by molar-refractivity contribution is -0.118. The summed E-state index contributed by atoms with van der Waals surface area (Å²) in [6.07, 6.45) is 0. The fourth-order valence-corrected chi connectivity index (χ4v) is 4.07. The van der Waals surface area contributed by atoms with Crippen molar-refractivity contribution in [3.63, 3.8) is 0 Å². The predicted molar refractivity (Wildman–Crippen MR) is 97.6 cm³/mol. The van der Waals surface area contributed by atoms with Crippen molar-refractivity contribution in [1.82, 2.24) is 0 Å². The standard InChI is InChI=1S/C19H21FN2O3S/c1-11-4-7-13(20)10-15(11)22-18(23)17-16(19(17,2)3)12-5-8-14(9-6-12)26(21,24)25/h4-10,16-17H,1-3H3,(H,22,23)(H2,21,24,25)/t16-,17+/m1/s1. The SMILES string of the molecule is Cc1ccc(F)cc1NC(=O)[C@@H]1[C@@H](c2ccc(S(N)(=O)=O)cc2)C1(C)C. The summed E-state index contributed by atoms with van der Waals surface area (Å²) < 4.78 is 36.2. The Morgan fingerprint density at radius 3 is 2.35 bits per heavy atom. The van der Waals surface area contributed by atoms with Gasteiger partial charge in [0.1, 0.15) is 5.82 Å². The van der Waals surface area contributed by atoms with Crippen LogP contribution in [0.5, 0.6) is 0 Å². The second-order valence-electron chi connectivity index (χ2n) is 7.34. The van der Waals surface area contributed by atoms with Crippen molar-refractivity contribution in [2.24, 2.45) is 16.5 Å². The highest BCUT2D eigenvalue weighted by Crippen LogP contribution is 2.64. The van der Waals surface area contributed by atoms with Crippen molar-refractivity contribution in [3.8, 4) is 0 Å². The van der Waals surface area contributed by atoms with Gasteiger partial charge in [0.25, 0.3) is 0 Å². The summed E-state index contributed by atoms with van der Waals surface area (Å²) in [5.74, 6) is -0.920. The molecule has 26 heavy (non-hydrogen) atoms. The third-order valence-electron chi connectivity index (χ3n) is 5.14. The molecule has 0 spiro atoms. The molecule has 1 aliphatic rings. The third-order valence-corrected chi connectivity index (χ3v) is 6.06. The number of nitrogens with one attached hydrogen (secondary N) is 1. The number of benzene rings is 2. The summed E-state index contributed by atoms with van der Waals surface area (Å²) >= 11 is 0. The number of hydrogen-bond donors (Lipinski definition) is 2. The maximum atomic E-state index is 13.4. The van der Waals surface area contributed by atoms with Gasteiger partial charge in [-0.15, -0.1) is 0 Å². The van der Waals surface area contributed by atoms with Crippen molar-refractivity contribution < 1.29 is 17.6 Å². The van der Waals surface area contributed by atoms with Gasteiger partial charge in [0.15, 0.2) is 0 Å². The first-order valence-electron chi connectivity index (χ1n) is 8.21. The summed E-state index contributed by atoms with van der Waals surface area (Å²) in [7, 11) is -3.75. The normalized spacial score (nSPS) is 21.3. The fraction of sp³-hybridized carbons (Fsp3) is 0.316. The first kappa shape index (κ1) is 18.5. The first-order chi connectivity index (χ1) is 12.0. The molecule has 2 aromatic rings. The minimum Gasteiger partial charge on any atom is -0.325 e. The molecule has 0 unspecified atom stereocenters. The lowest BCUT2D eigenvalue weighted by Gasteiger charge is -2.09. The smallest absolute Gasteiger partial charge is 0.238 e.